The molecule has 2 unspecified atom stereocenters. The lowest BCUT2D eigenvalue weighted by atomic mass is 9.82. The first-order valence-corrected chi connectivity index (χ1v) is 7.55. The van der Waals surface area contributed by atoms with Gasteiger partial charge in [-0.2, -0.15) is 0 Å². The summed E-state index contributed by atoms with van der Waals surface area (Å²) in [5.41, 5.74) is 9.98. The molecule has 0 bridgehead atoms. The molecule has 5 heteroatoms. The minimum Gasteiger partial charge on any atom is -0.383 e. The molecule has 2 atom stereocenters. The van der Waals surface area contributed by atoms with Crippen LogP contribution in [0.4, 0.5) is 5.82 Å². The van der Waals surface area contributed by atoms with Gasteiger partial charge in [-0.15, -0.1) is 0 Å². The summed E-state index contributed by atoms with van der Waals surface area (Å²) < 4.78 is 0. The van der Waals surface area contributed by atoms with Crippen molar-refractivity contribution in [2.75, 3.05) is 18.8 Å². The maximum Gasteiger partial charge on any atom is 0.128 e. The van der Waals surface area contributed by atoms with Crippen molar-refractivity contribution in [3.8, 4) is 0 Å². The van der Waals surface area contributed by atoms with E-state index in [1.54, 1.807) is 6.20 Å². The summed E-state index contributed by atoms with van der Waals surface area (Å²) in [6.45, 7) is 6.74. The Kier molecular flexibility index (Phi) is 4.96. The van der Waals surface area contributed by atoms with Crippen LogP contribution >= 0.6 is 0 Å². The first-order valence-electron chi connectivity index (χ1n) is 7.55. The molecule has 1 aliphatic heterocycles. The summed E-state index contributed by atoms with van der Waals surface area (Å²) in [4.78, 5) is 6.75. The number of nitrogens with zero attached hydrogens (tertiary/aromatic N) is 2. The number of pyridine rings is 1. The van der Waals surface area contributed by atoms with E-state index in [9.17, 15) is 0 Å². The van der Waals surface area contributed by atoms with E-state index in [-0.39, 0.29) is 11.6 Å². The van der Waals surface area contributed by atoms with Gasteiger partial charge in [0, 0.05) is 17.3 Å². The van der Waals surface area contributed by atoms with Crippen LogP contribution in [0.2, 0.25) is 0 Å². The van der Waals surface area contributed by atoms with Crippen LogP contribution in [0.1, 0.15) is 51.1 Å². The third kappa shape index (κ3) is 2.80. The van der Waals surface area contributed by atoms with Crippen molar-refractivity contribution in [1.29, 1.82) is 0 Å². The summed E-state index contributed by atoms with van der Waals surface area (Å²) in [5.74, 6) is 6.44. The number of nitrogens with one attached hydrogen (secondary N) is 1. The van der Waals surface area contributed by atoms with Gasteiger partial charge in [0.15, 0.2) is 0 Å². The molecule has 0 amide bonds. The number of hydrazine groups is 1. The van der Waals surface area contributed by atoms with Gasteiger partial charge in [0.1, 0.15) is 5.82 Å². The fourth-order valence-electron chi connectivity index (χ4n) is 3.29. The summed E-state index contributed by atoms with van der Waals surface area (Å²) >= 11 is 0. The average Bonchev–Trinajstić information content (AvgIpc) is 2.50. The number of hydrogen-bond donors (Lipinski definition) is 3. The topological polar surface area (TPSA) is 80.2 Å². The second-order valence-electron chi connectivity index (χ2n) is 5.84. The van der Waals surface area contributed by atoms with Crippen molar-refractivity contribution < 1.29 is 0 Å². The molecule has 0 spiro atoms. The third-order valence-corrected chi connectivity index (χ3v) is 4.77. The second kappa shape index (κ2) is 6.52. The van der Waals surface area contributed by atoms with Gasteiger partial charge in [-0.05, 0) is 45.3 Å². The highest BCUT2D eigenvalue weighted by molar-refractivity contribution is 5.42. The molecule has 1 saturated heterocycles. The third-order valence-electron chi connectivity index (χ3n) is 4.77. The Labute approximate surface area is 121 Å². The molecule has 1 aliphatic rings. The predicted molar refractivity (Wildman–Crippen MR) is 82.8 cm³/mol. The van der Waals surface area contributed by atoms with Crippen LogP contribution in [-0.4, -0.2) is 28.5 Å². The van der Waals surface area contributed by atoms with E-state index >= 15 is 0 Å². The molecule has 0 aromatic carbocycles. The van der Waals surface area contributed by atoms with Gasteiger partial charge < -0.3 is 5.73 Å². The lowest BCUT2D eigenvalue weighted by Gasteiger charge is -2.48. The van der Waals surface area contributed by atoms with Gasteiger partial charge >= 0.3 is 0 Å². The van der Waals surface area contributed by atoms with E-state index in [1.807, 2.05) is 12.1 Å². The van der Waals surface area contributed by atoms with Gasteiger partial charge in [0.2, 0.25) is 0 Å². The van der Waals surface area contributed by atoms with Crippen LogP contribution < -0.4 is 17.0 Å². The van der Waals surface area contributed by atoms with E-state index in [4.69, 9.17) is 11.6 Å². The smallest absolute Gasteiger partial charge is 0.128 e. The molecule has 2 heterocycles. The minimum atomic E-state index is -0.0493. The van der Waals surface area contributed by atoms with Gasteiger partial charge in [0.05, 0.1) is 6.04 Å². The molecular weight excluding hydrogens is 250 g/mol. The lowest BCUT2D eigenvalue weighted by Crippen LogP contribution is -2.57. The fourth-order valence-corrected chi connectivity index (χ4v) is 3.29. The number of nitrogen functional groups attached to an aromatic ring is 1. The van der Waals surface area contributed by atoms with Gasteiger partial charge in [-0.25, -0.2) is 4.98 Å². The van der Waals surface area contributed by atoms with Crippen molar-refractivity contribution in [3.63, 3.8) is 0 Å². The van der Waals surface area contributed by atoms with Crippen molar-refractivity contribution in [2.45, 2.75) is 51.1 Å². The lowest BCUT2D eigenvalue weighted by molar-refractivity contribution is 0.0425. The molecule has 20 heavy (non-hydrogen) atoms. The Morgan fingerprint density at radius 1 is 1.40 bits per heavy atom. The Balaban J connectivity index is 2.33. The second-order valence-corrected chi connectivity index (χ2v) is 5.84. The van der Waals surface area contributed by atoms with Gasteiger partial charge in [-0.1, -0.05) is 19.4 Å². The molecule has 0 radical (unpaired) electrons. The highest BCUT2D eigenvalue weighted by atomic mass is 15.3. The summed E-state index contributed by atoms with van der Waals surface area (Å²) in [7, 11) is 0. The highest BCUT2D eigenvalue weighted by Gasteiger charge is 2.40. The van der Waals surface area contributed by atoms with E-state index in [1.165, 1.54) is 19.3 Å². The summed E-state index contributed by atoms with van der Waals surface area (Å²) in [6, 6.07) is 3.92. The van der Waals surface area contributed by atoms with Crippen LogP contribution in [0.3, 0.4) is 0 Å². The zero-order valence-electron chi connectivity index (χ0n) is 12.6. The number of aromatic nitrogens is 1. The molecule has 0 saturated carbocycles. The van der Waals surface area contributed by atoms with E-state index in [2.05, 4.69) is 29.2 Å². The van der Waals surface area contributed by atoms with Crippen molar-refractivity contribution in [3.05, 3.63) is 23.9 Å². The Bertz CT molecular complexity index is 430. The van der Waals surface area contributed by atoms with Crippen LogP contribution in [-0.2, 0) is 0 Å². The number of hydrogen-bond acceptors (Lipinski definition) is 5. The molecule has 5 N–H and O–H groups in total. The van der Waals surface area contributed by atoms with Crippen LogP contribution in [0, 0.1) is 0 Å². The number of anilines is 1. The first kappa shape index (κ1) is 15.2. The molecule has 5 nitrogen and oxygen atoms in total. The predicted octanol–water partition coefficient (Wildman–Crippen LogP) is 1.82. The molecule has 1 fully saturated rings. The molecule has 112 valence electrons. The summed E-state index contributed by atoms with van der Waals surface area (Å²) in [5, 5.41) is 0. The molecule has 2 rings (SSSR count). The largest absolute Gasteiger partial charge is 0.383 e. The molecule has 0 aliphatic carbocycles. The fraction of sp³-hybridized carbons (Fsp3) is 0.667. The number of rotatable bonds is 5. The maximum atomic E-state index is 6.05. The van der Waals surface area contributed by atoms with Gasteiger partial charge in [-0.3, -0.25) is 16.2 Å². The quantitative estimate of drug-likeness (QED) is 0.565. The van der Waals surface area contributed by atoms with Crippen LogP contribution in [0.5, 0.6) is 0 Å². The average molecular weight is 277 g/mol. The maximum absolute atomic E-state index is 6.05. The first-order chi connectivity index (χ1) is 9.63. The van der Waals surface area contributed by atoms with Crippen LogP contribution in [0.25, 0.3) is 0 Å². The molecular formula is C15H27N5. The number of piperidine rings is 1. The summed E-state index contributed by atoms with van der Waals surface area (Å²) in [6.07, 6.45) is 6.57. The van der Waals surface area contributed by atoms with Crippen LogP contribution in [0.15, 0.2) is 18.3 Å². The Morgan fingerprint density at radius 3 is 2.65 bits per heavy atom. The zero-order chi connectivity index (χ0) is 14.6. The van der Waals surface area contributed by atoms with Crippen molar-refractivity contribution in [1.82, 2.24) is 15.3 Å². The number of likely N-dealkylation sites (tertiary alicyclic amines) is 1. The molecule has 1 aromatic rings. The number of nitrogens with two attached hydrogens (primary N) is 2. The monoisotopic (exact) mass is 277 g/mol. The Morgan fingerprint density at radius 2 is 2.10 bits per heavy atom. The Hall–Kier alpha value is -1.17. The van der Waals surface area contributed by atoms with E-state index in [0.717, 1.165) is 25.1 Å². The van der Waals surface area contributed by atoms with E-state index < -0.39 is 0 Å². The zero-order valence-corrected chi connectivity index (χ0v) is 12.6. The van der Waals surface area contributed by atoms with Crippen molar-refractivity contribution in [2.24, 2.45) is 5.84 Å². The van der Waals surface area contributed by atoms with E-state index in [0.29, 0.717) is 5.82 Å². The van der Waals surface area contributed by atoms with Crippen molar-refractivity contribution >= 4 is 5.82 Å². The minimum absolute atomic E-state index is 0.0145. The normalized spacial score (nSPS) is 21.4. The molecule has 1 aromatic heterocycles. The highest BCUT2D eigenvalue weighted by Crippen LogP contribution is 2.37. The standard InChI is InChI=1S/C15H27N5/c1-3-15(2,20-10-5-4-6-11-20)13(19-17)12-8-7-9-18-14(12)16/h7-9,13,19H,3-6,10-11,17H2,1-2H3,(H2,16,18). The van der Waals surface area contributed by atoms with Gasteiger partial charge in [0.25, 0.3) is 0 Å². The SMILES string of the molecule is CCC(C)(C(NN)c1cccnc1N)N1CCCCC1.